The van der Waals surface area contributed by atoms with E-state index in [0.717, 1.165) is 12.8 Å². The molecule has 16 heavy (non-hydrogen) atoms. The van der Waals surface area contributed by atoms with E-state index in [2.05, 4.69) is 0 Å². The van der Waals surface area contributed by atoms with E-state index in [4.69, 9.17) is 9.84 Å². The van der Waals surface area contributed by atoms with Gasteiger partial charge in [0.2, 0.25) is 5.91 Å². The van der Waals surface area contributed by atoms with Crippen molar-refractivity contribution in [3.8, 4) is 0 Å². The number of rotatable bonds is 4. The third kappa shape index (κ3) is 3.48. The molecule has 0 aromatic heterocycles. The van der Waals surface area contributed by atoms with Crippen LogP contribution in [-0.4, -0.2) is 47.7 Å². The van der Waals surface area contributed by atoms with E-state index in [9.17, 15) is 9.59 Å². The molecule has 1 unspecified atom stereocenters. The number of hydrogen-bond acceptors (Lipinski definition) is 3. The van der Waals surface area contributed by atoms with E-state index in [1.807, 2.05) is 6.92 Å². The summed E-state index contributed by atoms with van der Waals surface area (Å²) in [4.78, 5) is 23.8. The summed E-state index contributed by atoms with van der Waals surface area (Å²) in [6.07, 6.45) is 1.82. The maximum atomic E-state index is 11.7. The molecule has 1 saturated heterocycles. The van der Waals surface area contributed by atoms with E-state index in [1.165, 1.54) is 0 Å². The van der Waals surface area contributed by atoms with Gasteiger partial charge in [-0.15, -0.1) is 0 Å². The molecule has 0 spiro atoms. The number of piperidine rings is 1. The van der Waals surface area contributed by atoms with Crippen molar-refractivity contribution in [3.63, 3.8) is 0 Å². The normalized spacial score (nSPS) is 25.5. The Morgan fingerprint density at radius 1 is 1.44 bits per heavy atom. The first-order chi connectivity index (χ1) is 7.47. The highest BCUT2D eigenvalue weighted by atomic mass is 16.5. The molecule has 1 N–H and O–H groups in total. The van der Waals surface area contributed by atoms with Gasteiger partial charge in [-0.2, -0.15) is 0 Å². The Kier molecular flexibility index (Phi) is 4.29. The standard InChI is InChI=1S/C11H19NO4/c1-11(16-2)6-3-7-12(8-11)9(13)4-5-10(14)15/h3-8H2,1-2H3,(H,14,15). The van der Waals surface area contributed by atoms with Crippen LogP contribution in [0.1, 0.15) is 32.6 Å². The van der Waals surface area contributed by atoms with Crippen LogP contribution in [0, 0.1) is 0 Å². The van der Waals surface area contributed by atoms with Gasteiger partial charge in [-0.3, -0.25) is 9.59 Å². The van der Waals surface area contributed by atoms with Gasteiger partial charge >= 0.3 is 5.97 Å². The van der Waals surface area contributed by atoms with Gasteiger partial charge in [0.25, 0.3) is 0 Å². The van der Waals surface area contributed by atoms with Crippen LogP contribution in [0.25, 0.3) is 0 Å². The first kappa shape index (κ1) is 13.0. The van der Waals surface area contributed by atoms with Crippen LogP contribution in [0.3, 0.4) is 0 Å². The van der Waals surface area contributed by atoms with Crippen molar-refractivity contribution in [3.05, 3.63) is 0 Å². The minimum atomic E-state index is -0.931. The van der Waals surface area contributed by atoms with E-state index in [-0.39, 0.29) is 24.3 Å². The Labute approximate surface area is 95.4 Å². The fraction of sp³-hybridized carbons (Fsp3) is 0.818. The van der Waals surface area contributed by atoms with Crippen LogP contribution in [0.5, 0.6) is 0 Å². The Morgan fingerprint density at radius 2 is 2.12 bits per heavy atom. The van der Waals surface area contributed by atoms with Crippen molar-refractivity contribution in [1.29, 1.82) is 0 Å². The van der Waals surface area contributed by atoms with Crippen LogP contribution >= 0.6 is 0 Å². The summed E-state index contributed by atoms with van der Waals surface area (Å²) in [7, 11) is 1.64. The Balaban J connectivity index is 2.47. The van der Waals surface area contributed by atoms with Crippen LogP contribution in [0.2, 0.25) is 0 Å². The lowest BCUT2D eigenvalue weighted by atomic mass is 9.94. The van der Waals surface area contributed by atoms with Gasteiger partial charge < -0.3 is 14.7 Å². The summed E-state index contributed by atoms with van der Waals surface area (Å²) in [5.74, 6) is -1.02. The summed E-state index contributed by atoms with van der Waals surface area (Å²) >= 11 is 0. The molecule has 1 atom stereocenters. The van der Waals surface area contributed by atoms with Crippen molar-refractivity contribution in [2.45, 2.75) is 38.2 Å². The maximum absolute atomic E-state index is 11.7. The molecule has 92 valence electrons. The lowest BCUT2D eigenvalue weighted by Crippen LogP contribution is -2.49. The minimum absolute atomic E-state index is 0.0785. The molecule has 1 heterocycles. The lowest BCUT2D eigenvalue weighted by Gasteiger charge is -2.39. The molecule has 1 aliphatic heterocycles. The molecule has 1 rings (SSSR count). The SMILES string of the molecule is COC1(C)CCCN(C(=O)CCC(=O)O)C1. The molecule has 1 amide bonds. The molecular formula is C11H19NO4. The van der Waals surface area contributed by atoms with Crippen LogP contribution in [0.4, 0.5) is 0 Å². The number of aliphatic carboxylic acids is 1. The minimum Gasteiger partial charge on any atom is -0.481 e. The molecule has 0 aliphatic carbocycles. The quantitative estimate of drug-likeness (QED) is 0.777. The van der Waals surface area contributed by atoms with Crippen molar-refractivity contribution in [1.82, 2.24) is 4.90 Å². The number of nitrogens with zero attached hydrogens (tertiary/aromatic N) is 1. The summed E-state index contributed by atoms with van der Waals surface area (Å²) in [6.45, 7) is 3.24. The maximum Gasteiger partial charge on any atom is 0.303 e. The van der Waals surface area contributed by atoms with Crippen LogP contribution < -0.4 is 0 Å². The second-order valence-electron chi connectivity index (χ2n) is 4.47. The number of carboxylic acid groups (broad SMARTS) is 1. The van der Waals surface area contributed by atoms with Gasteiger partial charge in [-0.1, -0.05) is 0 Å². The second kappa shape index (κ2) is 5.30. The largest absolute Gasteiger partial charge is 0.481 e. The van der Waals surface area contributed by atoms with Crippen molar-refractivity contribution in [2.24, 2.45) is 0 Å². The zero-order chi connectivity index (χ0) is 12.2. The van der Waals surface area contributed by atoms with Gasteiger partial charge in [0.15, 0.2) is 0 Å². The first-order valence-electron chi connectivity index (χ1n) is 5.51. The van der Waals surface area contributed by atoms with Gasteiger partial charge in [-0.25, -0.2) is 0 Å². The predicted octanol–water partition coefficient (Wildman–Crippen LogP) is 0.879. The fourth-order valence-corrected chi connectivity index (χ4v) is 1.96. The molecular weight excluding hydrogens is 210 g/mol. The first-order valence-corrected chi connectivity index (χ1v) is 5.51. The Bertz CT molecular complexity index is 279. The molecule has 0 bridgehead atoms. The molecule has 5 heteroatoms. The lowest BCUT2D eigenvalue weighted by molar-refractivity contribution is -0.144. The number of methoxy groups -OCH3 is 1. The number of amides is 1. The van der Waals surface area contributed by atoms with Gasteiger partial charge in [0.1, 0.15) is 0 Å². The summed E-state index contributed by atoms with van der Waals surface area (Å²) < 4.78 is 5.37. The topological polar surface area (TPSA) is 66.8 Å². The zero-order valence-electron chi connectivity index (χ0n) is 9.86. The highest BCUT2D eigenvalue weighted by Crippen LogP contribution is 2.24. The summed E-state index contributed by atoms with van der Waals surface area (Å²) in [5.41, 5.74) is -0.281. The smallest absolute Gasteiger partial charge is 0.303 e. The molecule has 0 saturated carbocycles. The number of carbonyl (C=O) groups is 2. The van der Waals surface area contributed by atoms with Crippen molar-refractivity contribution >= 4 is 11.9 Å². The number of carboxylic acids is 1. The fourth-order valence-electron chi connectivity index (χ4n) is 1.96. The third-order valence-corrected chi connectivity index (χ3v) is 3.06. The predicted molar refractivity (Wildman–Crippen MR) is 58.1 cm³/mol. The third-order valence-electron chi connectivity index (χ3n) is 3.06. The molecule has 0 aromatic rings. The van der Waals surface area contributed by atoms with Crippen molar-refractivity contribution < 1.29 is 19.4 Å². The van der Waals surface area contributed by atoms with Gasteiger partial charge in [0, 0.05) is 26.6 Å². The number of ether oxygens (including phenoxy) is 1. The summed E-state index contributed by atoms with van der Waals surface area (Å²) in [5, 5.41) is 8.51. The van der Waals surface area contributed by atoms with Crippen LogP contribution in [-0.2, 0) is 14.3 Å². The molecule has 5 nitrogen and oxygen atoms in total. The second-order valence-corrected chi connectivity index (χ2v) is 4.47. The summed E-state index contributed by atoms with van der Waals surface area (Å²) in [6, 6.07) is 0. The van der Waals surface area contributed by atoms with Gasteiger partial charge in [0.05, 0.1) is 12.0 Å². The zero-order valence-corrected chi connectivity index (χ0v) is 9.86. The van der Waals surface area contributed by atoms with Crippen molar-refractivity contribution in [2.75, 3.05) is 20.2 Å². The highest BCUT2D eigenvalue weighted by Gasteiger charge is 2.32. The van der Waals surface area contributed by atoms with E-state index in [0.29, 0.717) is 13.1 Å². The number of hydrogen-bond donors (Lipinski definition) is 1. The molecule has 1 fully saturated rings. The number of carbonyl (C=O) groups excluding carboxylic acids is 1. The number of likely N-dealkylation sites (tertiary alicyclic amines) is 1. The van der Waals surface area contributed by atoms with Crippen LogP contribution in [0.15, 0.2) is 0 Å². The van der Waals surface area contributed by atoms with E-state index < -0.39 is 5.97 Å². The van der Waals surface area contributed by atoms with E-state index >= 15 is 0 Å². The average Bonchev–Trinajstić information content (AvgIpc) is 2.26. The monoisotopic (exact) mass is 229 g/mol. The Hall–Kier alpha value is -1.10. The molecule has 1 aliphatic rings. The molecule has 0 aromatic carbocycles. The van der Waals surface area contributed by atoms with Gasteiger partial charge in [-0.05, 0) is 19.8 Å². The van der Waals surface area contributed by atoms with E-state index in [1.54, 1.807) is 12.0 Å². The molecule has 0 radical (unpaired) electrons. The Morgan fingerprint density at radius 3 is 2.69 bits per heavy atom. The highest BCUT2D eigenvalue weighted by molar-refractivity contribution is 5.80. The average molecular weight is 229 g/mol.